The highest BCUT2D eigenvalue weighted by Crippen LogP contribution is 2.28. The number of amides is 1. The molecule has 0 unspecified atom stereocenters. The summed E-state index contributed by atoms with van der Waals surface area (Å²) in [6.45, 7) is 0. The van der Waals surface area contributed by atoms with E-state index in [2.05, 4.69) is 15.3 Å². The molecular weight excluding hydrogens is 366 g/mol. The first kappa shape index (κ1) is 18.6. The molecule has 29 heavy (non-hydrogen) atoms. The van der Waals surface area contributed by atoms with Gasteiger partial charge >= 0.3 is 0 Å². The predicted molar refractivity (Wildman–Crippen MR) is 111 cm³/mol. The quantitative estimate of drug-likeness (QED) is 0.522. The summed E-state index contributed by atoms with van der Waals surface area (Å²) < 4.78 is 10.6. The first-order chi connectivity index (χ1) is 14.2. The average molecular weight is 387 g/mol. The molecule has 0 saturated heterocycles. The van der Waals surface area contributed by atoms with Gasteiger partial charge in [-0.1, -0.05) is 42.5 Å². The Morgan fingerprint density at radius 2 is 1.66 bits per heavy atom. The second kappa shape index (κ2) is 8.06. The van der Waals surface area contributed by atoms with E-state index in [1.807, 2.05) is 54.6 Å². The molecular formula is C23H21N3O3. The van der Waals surface area contributed by atoms with Gasteiger partial charge in [0.2, 0.25) is 0 Å². The topological polar surface area (TPSA) is 76.2 Å². The molecule has 0 fully saturated rings. The zero-order valence-electron chi connectivity index (χ0n) is 16.2. The second-order valence-electron chi connectivity index (χ2n) is 6.53. The molecule has 6 heteroatoms. The van der Waals surface area contributed by atoms with Gasteiger partial charge in [-0.25, -0.2) is 4.98 Å². The van der Waals surface area contributed by atoms with E-state index in [1.165, 1.54) is 0 Å². The fourth-order valence-corrected chi connectivity index (χ4v) is 3.26. The van der Waals surface area contributed by atoms with Gasteiger partial charge in [0.25, 0.3) is 5.91 Å². The van der Waals surface area contributed by atoms with E-state index in [0.29, 0.717) is 22.9 Å². The zero-order chi connectivity index (χ0) is 20.2. The van der Waals surface area contributed by atoms with E-state index in [1.54, 1.807) is 32.4 Å². The molecule has 6 nitrogen and oxygen atoms in total. The lowest BCUT2D eigenvalue weighted by atomic mass is 10.1. The zero-order valence-corrected chi connectivity index (χ0v) is 16.2. The van der Waals surface area contributed by atoms with E-state index in [9.17, 15) is 4.79 Å². The van der Waals surface area contributed by atoms with Crippen molar-refractivity contribution in [3.63, 3.8) is 0 Å². The molecule has 0 spiro atoms. The third kappa shape index (κ3) is 3.78. The van der Waals surface area contributed by atoms with Gasteiger partial charge in [-0.15, -0.1) is 0 Å². The van der Waals surface area contributed by atoms with Gasteiger partial charge in [0, 0.05) is 5.56 Å². The third-order valence-electron chi connectivity index (χ3n) is 4.74. The summed E-state index contributed by atoms with van der Waals surface area (Å²) in [4.78, 5) is 21.0. The van der Waals surface area contributed by atoms with E-state index in [0.717, 1.165) is 16.6 Å². The van der Waals surface area contributed by atoms with Crippen molar-refractivity contribution in [2.24, 2.45) is 0 Å². The third-order valence-corrected chi connectivity index (χ3v) is 4.74. The Hall–Kier alpha value is -3.80. The number of hydrogen-bond donors (Lipinski definition) is 2. The predicted octanol–water partition coefficient (Wildman–Crippen LogP) is 4.10. The lowest BCUT2D eigenvalue weighted by Crippen LogP contribution is -2.30. The van der Waals surface area contributed by atoms with Gasteiger partial charge in [-0.05, 0) is 35.9 Å². The lowest BCUT2D eigenvalue weighted by Gasteiger charge is -2.18. The number of nitrogens with zero attached hydrogens (tertiary/aromatic N) is 1. The molecule has 0 bridgehead atoms. The summed E-state index contributed by atoms with van der Waals surface area (Å²) >= 11 is 0. The van der Waals surface area contributed by atoms with Gasteiger partial charge in [-0.3, -0.25) is 4.79 Å². The van der Waals surface area contributed by atoms with Crippen LogP contribution in [0.4, 0.5) is 0 Å². The van der Waals surface area contributed by atoms with Crippen LogP contribution in [0.2, 0.25) is 0 Å². The number of aromatic amines is 1. The van der Waals surface area contributed by atoms with Crippen molar-refractivity contribution in [2.75, 3.05) is 14.2 Å². The van der Waals surface area contributed by atoms with Crippen molar-refractivity contribution in [3.8, 4) is 11.5 Å². The van der Waals surface area contributed by atoms with Crippen LogP contribution in [0.25, 0.3) is 11.0 Å². The van der Waals surface area contributed by atoms with Crippen LogP contribution in [-0.2, 0) is 0 Å². The van der Waals surface area contributed by atoms with Crippen molar-refractivity contribution in [2.45, 2.75) is 6.04 Å². The Balaban J connectivity index is 1.70. The summed E-state index contributed by atoms with van der Waals surface area (Å²) in [6.07, 6.45) is 0. The van der Waals surface area contributed by atoms with E-state index >= 15 is 0 Å². The second-order valence-corrected chi connectivity index (χ2v) is 6.53. The number of rotatable bonds is 6. The maximum absolute atomic E-state index is 13.0. The minimum atomic E-state index is -0.427. The van der Waals surface area contributed by atoms with Gasteiger partial charge in [0.15, 0.2) is 11.5 Å². The molecule has 146 valence electrons. The number of fused-ring (bicyclic) bond motifs is 1. The Labute approximate surface area is 168 Å². The molecule has 1 amide bonds. The SMILES string of the molecule is COc1ccc(C(=O)N[C@H](c2ccccc2)c2nc3ccccc3[nH]2)cc1OC. The molecule has 1 heterocycles. The van der Waals surface area contributed by atoms with Crippen LogP contribution in [0, 0.1) is 0 Å². The van der Waals surface area contributed by atoms with Crippen LogP contribution in [0.3, 0.4) is 0 Å². The first-order valence-electron chi connectivity index (χ1n) is 9.22. The van der Waals surface area contributed by atoms with Gasteiger partial charge in [0.1, 0.15) is 11.9 Å². The van der Waals surface area contributed by atoms with Gasteiger partial charge in [-0.2, -0.15) is 0 Å². The number of ether oxygens (including phenoxy) is 2. The summed E-state index contributed by atoms with van der Waals surface area (Å²) in [5, 5.41) is 3.09. The minimum Gasteiger partial charge on any atom is -0.493 e. The Bertz CT molecular complexity index is 1110. The van der Waals surface area contributed by atoms with E-state index in [4.69, 9.17) is 9.47 Å². The van der Waals surface area contributed by atoms with Crippen LogP contribution in [0.5, 0.6) is 11.5 Å². The molecule has 4 aromatic rings. The highest BCUT2D eigenvalue weighted by molar-refractivity contribution is 5.95. The smallest absolute Gasteiger partial charge is 0.252 e. The molecule has 1 aromatic heterocycles. The minimum absolute atomic E-state index is 0.236. The van der Waals surface area contributed by atoms with Gasteiger partial charge in [0.05, 0.1) is 25.3 Å². The normalized spacial score (nSPS) is 11.8. The van der Waals surface area contributed by atoms with Crippen LogP contribution in [0.1, 0.15) is 27.8 Å². The number of benzene rings is 3. The summed E-state index contributed by atoms with van der Waals surface area (Å²) in [6, 6.07) is 22.2. The van der Waals surface area contributed by atoms with E-state index in [-0.39, 0.29) is 5.91 Å². The fraction of sp³-hybridized carbons (Fsp3) is 0.130. The number of carbonyl (C=O) groups excluding carboxylic acids is 1. The molecule has 1 atom stereocenters. The number of carbonyl (C=O) groups is 1. The monoisotopic (exact) mass is 387 g/mol. The molecule has 0 aliphatic carbocycles. The molecule has 2 N–H and O–H groups in total. The van der Waals surface area contributed by atoms with Crippen molar-refractivity contribution in [3.05, 3.63) is 89.7 Å². The number of H-pyrrole nitrogens is 1. The number of aromatic nitrogens is 2. The van der Waals surface area contributed by atoms with Crippen LogP contribution < -0.4 is 14.8 Å². The lowest BCUT2D eigenvalue weighted by molar-refractivity contribution is 0.0941. The fourth-order valence-electron chi connectivity index (χ4n) is 3.26. The van der Waals surface area contributed by atoms with Crippen molar-refractivity contribution in [1.29, 1.82) is 0 Å². The molecule has 3 aromatic carbocycles. The van der Waals surface area contributed by atoms with Crippen molar-refractivity contribution in [1.82, 2.24) is 15.3 Å². The highest BCUT2D eigenvalue weighted by atomic mass is 16.5. The first-order valence-corrected chi connectivity index (χ1v) is 9.22. The molecule has 0 radical (unpaired) electrons. The molecule has 0 aliphatic rings. The Morgan fingerprint density at radius 3 is 2.38 bits per heavy atom. The van der Waals surface area contributed by atoms with E-state index < -0.39 is 6.04 Å². The van der Waals surface area contributed by atoms with Crippen molar-refractivity contribution < 1.29 is 14.3 Å². The summed E-state index contributed by atoms with van der Waals surface area (Å²) in [5.74, 6) is 1.51. The average Bonchev–Trinajstić information content (AvgIpc) is 3.21. The van der Waals surface area contributed by atoms with Crippen LogP contribution in [-0.4, -0.2) is 30.1 Å². The van der Waals surface area contributed by atoms with Crippen LogP contribution >= 0.6 is 0 Å². The van der Waals surface area contributed by atoms with Crippen LogP contribution in [0.15, 0.2) is 72.8 Å². The van der Waals surface area contributed by atoms with Gasteiger partial charge < -0.3 is 19.8 Å². The maximum Gasteiger partial charge on any atom is 0.252 e. The maximum atomic E-state index is 13.0. The largest absolute Gasteiger partial charge is 0.493 e. The van der Waals surface area contributed by atoms with Crippen molar-refractivity contribution >= 4 is 16.9 Å². The number of methoxy groups -OCH3 is 2. The summed E-state index contributed by atoms with van der Waals surface area (Å²) in [7, 11) is 3.10. The standard InChI is InChI=1S/C23H21N3O3/c1-28-19-13-12-16(14-20(19)29-2)23(27)26-21(15-8-4-3-5-9-15)22-24-17-10-6-7-11-18(17)25-22/h3-14,21H,1-2H3,(H,24,25)(H,26,27)/t21-/m1/s1. The highest BCUT2D eigenvalue weighted by Gasteiger charge is 2.22. The number of hydrogen-bond acceptors (Lipinski definition) is 4. The number of para-hydroxylation sites is 2. The number of nitrogens with one attached hydrogen (secondary N) is 2. The number of imidazole rings is 1. The molecule has 0 saturated carbocycles. The summed E-state index contributed by atoms with van der Waals surface area (Å²) in [5.41, 5.74) is 3.17. The molecule has 0 aliphatic heterocycles. The Kier molecular flexibility index (Phi) is 5.16. The Morgan fingerprint density at radius 1 is 0.931 bits per heavy atom. The molecule has 4 rings (SSSR count).